The van der Waals surface area contributed by atoms with Gasteiger partial charge < -0.3 is 20.1 Å². The Morgan fingerprint density at radius 1 is 1.17 bits per heavy atom. The maximum absolute atomic E-state index is 12.2. The summed E-state index contributed by atoms with van der Waals surface area (Å²) < 4.78 is 29.0. The summed E-state index contributed by atoms with van der Waals surface area (Å²) in [6.07, 6.45) is 8.86. The molecular formula is C29H38ClN7O3S. The fraction of sp³-hybridized carbons (Fsp3) is 0.414. The molecule has 1 aromatic carbocycles. The first-order valence-electron chi connectivity index (χ1n) is 13.5. The monoisotopic (exact) mass is 599 g/mol. The van der Waals surface area contributed by atoms with Gasteiger partial charge >= 0.3 is 6.03 Å². The van der Waals surface area contributed by atoms with Crippen molar-refractivity contribution in [2.75, 3.05) is 32.4 Å². The molecule has 0 spiro atoms. The second-order valence-electron chi connectivity index (χ2n) is 11.3. The van der Waals surface area contributed by atoms with E-state index in [0.29, 0.717) is 11.4 Å². The third-order valence-electron chi connectivity index (χ3n) is 6.66. The molecule has 5 rings (SSSR count). The number of rotatable bonds is 4. The van der Waals surface area contributed by atoms with Gasteiger partial charge in [-0.1, -0.05) is 23.7 Å². The SMILES string of the molecule is CC(C)(C)NC(=O)N1CCNCC1.Cn1cncc1C(NS(C)(=O)=O)C1=Cc2cccnc2Cc2ccc(Cl)cc21. The van der Waals surface area contributed by atoms with E-state index in [1.165, 1.54) is 0 Å². The van der Waals surface area contributed by atoms with Crippen molar-refractivity contribution >= 4 is 39.3 Å². The lowest BCUT2D eigenvalue weighted by molar-refractivity contribution is 0.181. The zero-order chi connectivity index (χ0) is 29.8. The Morgan fingerprint density at radius 3 is 2.54 bits per heavy atom. The lowest BCUT2D eigenvalue weighted by Gasteiger charge is -2.31. The Morgan fingerprint density at radius 2 is 1.90 bits per heavy atom. The first-order chi connectivity index (χ1) is 19.3. The van der Waals surface area contributed by atoms with E-state index in [1.54, 1.807) is 18.7 Å². The summed E-state index contributed by atoms with van der Waals surface area (Å²) in [5.74, 6) is 0. The molecule has 41 heavy (non-hydrogen) atoms. The largest absolute Gasteiger partial charge is 0.336 e. The normalized spacial score (nSPS) is 15.9. The quantitative estimate of drug-likeness (QED) is 0.421. The average molecular weight is 600 g/mol. The van der Waals surface area contributed by atoms with Crippen LogP contribution in [0, 0.1) is 0 Å². The number of pyridine rings is 1. The van der Waals surface area contributed by atoms with Crippen LogP contribution < -0.4 is 15.4 Å². The number of nitrogens with one attached hydrogen (secondary N) is 3. The zero-order valence-corrected chi connectivity index (χ0v) is 25.7. The molecule has 0 radical (unpaired) electrons. The van der Waals surface area contributed by atoms with E-state index in [1.807, 2.05) is 73.7 Å². The number of sulfonamides is 1. The summed E-state index contributed by atoms with van der Waals surface area (Å²) in [5, 5.41) is 6.75. The van der Waals surface area contributed by atoms with Crippen LogP contribution in [0.1, 0.15) is 54.9 Å². The van der Waals surface area contributed by atoms with Crippen LogP contribution in [0.2, 0.25) is 5.02 Å². The molecule has 1 atom stereocenters. The molecule has 10 nitrogen and oxygen atoms in total. The molecule has 2 aliphatic rings. The highest BCUT2D eigenvalue weighted by atomic mass is 35.5. The highest BCUT2D eigenvalue weighted by Gasteiger charge is 2.28. The van der Waals surface area contributed by atoms with Crippen LogP contribution in [-0.2, 0) is 23.5 Å². The summed E-state index contributed by atoms with van der Waals surface area (Å²) in [6, 6.07) is 8.97. The van der Waals surface area contributed by atoms with Gasteiger partial charge in [0.1, 0.15) is 0 Å². The van der Waals surface area contributed by atoms with E-state index >= 15 is 0 Å². The second kappa shape index (κ2) is 12.7. The molecule has 12 heteroatoms. The molecular weight excluding hydrogens is 562 g/mol. The molecule has 0 bridgehead atoms. The fourth-order valence-corrected chi connectivity index (χ4v) is 5.62. The van der Waals surface area contributed by atoms with Crippen molar-refractivity contribution in [3.05, 3.63) is 82.2 Å². The van der Waals surface area contributed by atoms with Gasteiger partial charge in [0.05, 0.1) is 36.2 Å². The maximum atomic E-state index is 12.2. The minimum Gasteiger partial charge on any atom is -0.336 e. The van der Waals surface area contributed by atoms with Gasteiger partial charge in [0.25, 0.3) is 0 Å². The predicted molar refractivity (Wildman–Crippen MR) is 163 cm³/mol. The first-order valence-corrected chi connectivity index (χ1v) is 15.7. The maximum Gasteiger partial charge on any atom is 0.317 e. The molecule has 2 amide bonds. The van der Waals surface area contributed by atoms with Gasteiger partial charge in [-0.15, -0.1) is 0 Å². The third-order valence-corrected chi connectivity index (χ3v) is 7.56. The molecule has 1 aliphatic carbocycles. The van der Waals surface area contributed by atoms with E-state index in [2.05, 4.69) is 25.3 Å². The van der Waals surface area contributed by atoms with Crippen LogP contribution in [-0.4, -0.2) is 71.9 Å². The van der Waals surface area contributed by atoms with Crippen LogP contribution in [0.4, 0.5) is 4.79 Å². The number of aryl methyl sites for hydroxylation is 1. The van der Waals surface area contributed by atoms with Crippen LogP contribution >= 0.6 is 11.6 Å². The van der Waals surface area contributed by atoms with Crippen molar-refractivity contribution in [2.45, 2.75) is 38.8 Å². The third kappa shape index (κ3) is 8.38. The number of piperazine rings is 1. The van der Waals surface area contributed by atoms with Gasteiger partial charge in [0, 0.05) is 56.4 Å². The number of benzene rings is 1. The van der Waals surface area contributed by atoms with Gasteiger partial charge in [-0.3, -0.25) is 4.98 Å². The Kier molecular flexibility index (Phi) is 9.53. The van der Waals surface area contributed by atoms with Crippen molar-refractivity contribution in [2.24, 2.45) is 7.05 Å². The summed E-state index contributed by atoms with van der Waals surface area (Å²) in [7, 11) is -1.66. The highest BCUT2D eigenvalue weighted by molar-refractivity contribution is 7.88. The Bertz CT molecular complexity index is 1520. The average Bonchev–Trinajstić information content (AvgIpc) is 3.25. The Labute approximate surface area is 247 Å². The number of nitrogens with zero attached hydrogens (tertiary/aromatic N) is 4. The highest BCUT2D eigenvalue weighted by Crippen LogP contribution is 2.38. The smallest absolute Gasteiger partial charge is 0.317 e. The molecule has 1 aliphatic heterocycles. The fourth-order valence-electron chi connectivity index (χ4n) is 4.78. The second-order valence-corrected chi connectivity index (χ2v) is 13.5. The summed E-state index contributed by atoms with van der Waals surface area (Å²) in [5.41, 5.74) is 5.22. The van der Waals surface area contributed by atoms with Gasteiger partial charge in [-0.2, -0.15) is 0 Å². The number of urea groups is 1. The topological polar surface area (TPSA) is 121 Å². The Balaban J connectivity index is 0.000000251. The van der Waals surface area contributed by atoms with E-state index in [4.69, 9.17) is 11.6 Å². The van der Waals surface area contributed by atoms with E-state index in [-0.39, 0.29) is 11.6 Å². The molecule has 3 heterocycles. The van der Waals surface area contributed by atoms with E-state index < -0.39 is 16.1 Å². The minimum atomic E-state index is -3.50. The number of hydrogen-bond acceptors (Lipinski definition) is 6. The van der Waals surface area contributed by atoms with Gasteiger partial charge in [0.15, 0.2) is 0 Å². The molecule has 0 saturated carbocycles. The van der Waals surface area contributed by atoms with Crippen molar-refractivity contribution in [3.63, 3.8) is 0 Å². The van der Waals surface area contributed by atoms with Crippen LogP contribution in [0.25, 0.3) is 11.6 Å². The van der Waals surface area contributed by atoms with Crippen molar-refractivity contribution < 1.29 is 13.2 Å². The number of carbonyl (C=O) groups excluding carboxylic acids is 1. The standard InChI is InChI=1S/C20H19ClN4O2S.C9H19N3O/c1-25-12-22-11-19(25)20(24-28(2,26)27)17-8-14-4-3-7-23-18(14)9-13-5-6-15(21)10-16(13)17;1-9(2,3)11-8(13)12-6-4-10-5-7-12/h3-8,10-12,20,24H,9H2,1-2H3;10H,4-7H2,1-3H3,(H,11,13). The van der Waals surface area contributed by atoms with E-state index in [9.17, 15) is 13.2 Å². The van der Waals surface area contributed by atoms with Crippen LogP contribution in [0.3, 0.4) is 0 Å². The predicted octanol–water partition coefficient (Wildman–Crippen LogP) is 3.60. The number of fused-ring (bicyclic) bond motifs is 2. The van der Waals surface area contributed by atoms with Gasteiger partial charge in [-0.05, 0) is 67.3 Å². The van der Waals surface area contributed by atoms with Gasteiger partial charge in [0.2, 0.25) is 10.0 Å². The molecule has 3 N–H and O–H groups in total. The lowest BCUT2D eigenvalue weighted by Crippen LogP contribution is -2.54. The van der Waals surface area contributed by atoms with Crippen molar-refractivity contribution in [1.82, 2.24) is 34.8 Å². The zero-order valence-electron chi connectivity index (χ0n) is 24.1. The molecule has 1 fully saturated rings. The number of amides is 2. The molecule has 1 saturated heterocycles. The van der Waals surface area contributed by atoms with Gasteiger partial charge in [-0.25, -0.2) is 22.9 Å². The Hall–Kier alpha value is -3.25. The summed E-state index contributed by atoms with van der Waals surface area (Å²) >= 11 is 6.30. The minimum absolute atomic E-state index is 0.0500. The number of halogens is 1. The van der Waals surface area contributed by atoms with Crippen molar-refractivity contribution in [3.8, 4) is 0 Å². The molecule has 220 valence electrons. The molecule has 1 unspecified atom stereocenters. The van der Waals surface area contributed by atoms with Crippen LogP contribution in [0.5, 0.6) is 0 Å². The number of hydrogen-bond donors (Lipinski definition) is 3. The number of imidazole rings is 1. The molecule has 3 aromatic rings. The summed E-state index contributed by atoms with van der Waals surface area (Å²) in [6.45, 7) is 9.40. The number of aromatic nitrogens is 3. The van der Waals surface area contributed by atoms with Crippen molar-refractivity contribution in [1.29, 1.82) is 0 Å². The molecule has 2 aromatic heterocycles. The summed E-state index contributed by atoms with van der Waals surface area (Å²) in [4.78, 5) is 22.1. The number of carbonyl (C=O) groups is 1. The van der Waals surface area contributed by atoms with Crippen LogP contribution in [0.15, 0.2) is 49.1 Å². The van der Waals surface area contributed by atoms with E-state index in [0.717, 1.165) is 66.1 Å². The first kappa shape index (κ1) is 30.7. The lowest BCUT2D eigenvalue weighted by atomic mass is 9.92.